The molecule has 0 amide bonds. The van der Waals surface area contributed by atoms with Crippen LogP contribution in [0.1, 0.15) is 96.5 Å². The van der Waals surface area contributed by atoms with E-state index >= 15 is 0 Å². The van der Waals surface area contributed by atoms with Crippen molar-refractivity contribution >= 4 is 0 Å². The van der Waals surface area contributed by atoms with Gasteiger partial charge in [-0.25, -0.2) is 0 Å². The van der Waals surface area contributed by atoms with E-state index in [0.29, 0.717) is 0 Å². The molecule has 0 saturated heterocycles. The van der Waals surface area contributed by atoms with E-state index in [1.165, 1.54) is 89.0 Å². The zero-order valence-corrected chi connectivity index (χ0v) is 15.1. The predicted octanol–water partition coefficient (Wildman–Crippen LogP) is 7.37. The molecule has 0 unspecified atom stereocenters. The first-order valence-electron chi connectivity index (χ1n) is 9.81. The summed E-state index contributed by atoms with van der Waals surface area (Å²) in [7, 11) is 0. The van der Waals surface area contributed by atoms with Crippen LogP contribution in [0.4, 0.5) is 0 Å². The lowest BCUT2D eigenvalue weighted by atomic mass is 9.89. The molecule has 22 heavy (non-hydrogen) atoms. The fourth-order valence-corrected chi connectivity index (χ4v) is 3.34. The lowest BCUT2D eigenvalue weighted by molar-refractivity contribution is 0.374. The molecule has 1 aromatic rings. The first-order valence-corrected chi connectivity index (χ1v) is 9.81. The molecule has 125 valence electrons. The van der Waals surface area contributed by atoms with Crippen molar-refractivity contribution in [1.29, 1.82) is 0 Å². The zero-order valence-electron chi connectivity index (χ0n) is 15.1. The van der Waals surface area contributed by atoms with Gasteiger partial charge in [-0.2, -0.15) is 0 Å². The summed E-state index contributed by atoms with van der Waals surface area (Å²) in [6, 6.07) is 11.6. The summed E-state index contributed by atoms with van der Waals surface area (Å²) in [6.45, 7) is 4.61. The maximum Gasteiger partial charge on any atom is -0.0184 e. The Labute approximate surface area is 139 Å². The Morgan fingerprint density at radius 3 is 1.82 bits per heavy atom. The number of benzene rings is 1. The molecule has 0 N–H and O–H groups in total. The van der Waals surface area contributed by atoms with Crippen molar-refractivity contribution in [1.82, 2.24) is 0 Å². The number of aryl methyl sites for hydroxylation is 1. The molecule has 0 atom stereocenters. The van der Waals surface area contributed by atoms with Crippen LogP contribution in [-0.2, 0) is 6.42 Å². The lowest BCUT2D eigenvalue weighted by Crippen LogP contribution is -2.02. The van der Waals surface area contributed by atoms with Crippen molar-refractivity contribution < 1.29 is 0 Å². The van der Waals surface area contributed by atoms with Gasteiger partial charge < -0.3 is 0 Å². The standard InChI is InChI=1S/C22H37/c1-3-5-7-10-15-21(16-11-8-6-4-2)19-14-20-22-17-12-9-13-18-22/h12-13,17-18,21H,3-8,10-11,14-16,19-20H2,1-2H3. The van der Waals surface area contributed by atoms with Crippen molar-refractivity contribution in [2.75, 3.05) is 0 Å². The minimum atomic E-state index is 0.976. The fraction of sp³-hybridized carbons (Fsp3) is 0.727. The molecule has 1 rings (SSSR count). The minimum absolute atomic E-state index is 0.976. The zero-order chi connectivity index (χ0) is 15.9. The highest BCUT2D eigenvalue weighted by Gasteiger charge is 2.08. The molecule has 0 aliphatic heterocycles. The van der Waals surface area contributed by atoms with E-state index in [1.807, 2.05) is 12.1 Å². The molecule has 1 aromatic carbocycles. The Balaban J connectivity index is 2.23. The molecule has 0 saturated carbocycles. The number of rotatable bonds is 14. The first kappa shape index (κ1) is 19.3. The van der Waals surface area contributed by atoms with Crippen LogP contribution in [0.3, 0.4) is 0 Å². The summed E-state index contributed by atoms with van der Waals surface area (Å²) in [5.74, 6) is 0.976. The minimum Gasteiger partial charge on any atom is -0.0654 e. The Hall–Kier alpha value is -0.780. The average molecular weight is 302 g/mol. The molecule has 0 aromatic heterocycles. The Bertz CT molecular complexity index is 315. The highest BCUT2D eigenvalue weighted by Crippen LogP contribution is 2.23. The van der Waals surface area contributed by atoms with Crippen LogP contribution in [0.15, 0.2) is 24.3 Å². The van der Waals surface area contributed by atoms with Crippen molar-refractivity contribution in [2.24, 2.45) is 5.92 Å². The van der Waals surface area contributed by atoms with Gasteiger partial charge in [-0.15, -0.1) is 0 Å². The molecule has 0 spiro atoms. The Morgan fingerprint density at radius 2 is 1.27 bits per heavy atom. The third kappa shape index (κ3) is 10.0. The van der Waals surface area contributed by atoms with Gasteiger partial charge in [0, 0.05) is 0 Å². The van der Waals surface area contributed by atoms with E-state index in [2.05, 4.69) is 32.0 Å². The van der Waals surface area contributed by atoms with Crippen LogP contribution in [0.2, 0.25) is 0 Å². The molecular weight excluding hydrogens is 264 g/mol. The third-order valence-electron chi connectivity index (χ3n) is 4.80. The van der Waals surface area contributed by atoms with Crippen LogP contribution in [0, 0.1) is 12.0 Å². The van der Waals surface area contributed by atoms with E-state index in [4.69, 9.17) is 0 Å². The maximum atomic E-state index is 3.11. The molecule has 0 aliphatic rings. The van der Waals surface area contributed by atoms with Crippen molar-refractivity contribution in [3.63, 3.8) is 0 Å². The van der Waals surface area contributed by atoms with Crippen LogP contribution >= 0.6 is 0 Å². The molecular formula is C22H37. The van der Waals surface area contributed by atoms with Gasteiger partial charge in [0.1, 0.15) is 0 Å². The predicted molar refractivity (Wildman–Crippen MR) is 99.2 cm³/mol. The Kier molecular flexibility index (Phi) is 12.1. The quantitative estimate of drug-likeness (QED) is 0.315. The molecule has 0 aliphatic carbocycles. The smallest absolute Gasteiger partial charge is 0.0184 e. The van der Waals surface area contributed by atoms with Gasteiger partial charge in [-0.1, -0.05) is 109 Å². The van der Waals surface area contributed by atoms with Crippen molar-refractivity contribution in [2.45, 2.75) is 97.3 Å². The summed E-state index contributed by atoms with van der Waals surface area (Å²) in [5, 5.41) is 0. The second-order valence-corrected chi connectivity index (χ2v) is 6.87. The molecule has 0 bridgehead atoms. The summed E-state index contributed by atoms with van der Waals surface area (Å²) in [6.07, 6.45) is 18.3. The normalized spacial score (nSPS) is 11.2. The van der Waals surface area contributed by atoms with Crippen molar-refractivity contribution in [3.8, 4) is 0 Å². The summed E-state index contributed by atoms with van der Waals surface area (Å²) in [4.78, 5) is 0. The van der Waals surface area contributed by atoms with E-state index in [9.17, 15) is 0 Å². The van der Waals surface area contributed by atoms with E-state index < -0.39 is 0 Å². The largest absolute Gasteiger partial charge is 0.0654 e. The van der Waals surface area contributed by atoms with Gasteiger partial charge >= 0.3 is 0 Å². The van der Waals surface area contributed by atoms with Gasteiger partial charge in [0.15, 0.2) is 0 Å². The molecule has 0 fully saturated rings. The van der Waals surface area contributed by atoms with Crippen LogP contribution in [-0.4, -0.2) is 0 Å². The van der Waals surface area contributed by atoms with Gasteiger partial charge in [-0.05, 0) is 30.4 Å². The van der Waals surface area contributed by atoms with E-state index in [1.54, 1.807) is 0 Å². The molecule has 0 heteroatoms. The number of unbranched alkanes of at least 4 members (excludes halogenated alkanes) is 6. The maximum absolute atomic E-state index is 3.11. The SMILES string of the molecule is CCCCCCC(CCCCCC)CCCc1cc[c]cc1. The number of hydrogen-bond acceptors (Lipinski definition) is 0. The monoisotopic (exact) mass is 301 g/mol. The topological polar surface area (TPSA) is 0 Å². The summed E-state index contributed by atoms with van der Waals surface area (Å²) < 4.78 is 0. The van der Waals surface area contributed by atoms with E-state index in [0.717, 1.165) is 5.92 Å². The van der Waals surface area contributed by atoms with Gasteiger partial charge in [0.2, 0.25) is 0 Å². The average Bonchev–Trinajstić information content (AvgIpc) is 2.56. The van der Waals surface area contributed by atoms with Gasteiger partial charge in [-0.3, -0.25) is 0 Å². The van der Waals surface area contributed by atoms with Crippen molar-refractivity contribution in [3.05, 3.63) is 35.9 Å². The highest BCUT2D eigenvalue weighted by atomic mass is 14.1. The van der Waals surface area contributed by atoms with Crippen LogP contribution in [0.5, 0.6) is 0 Å². The lowest BCUT2D eigenvalue weighted by Gasteiger charge is -2.17. The first-order chi connectivity index (χ1) is 10.9. The summed E-state index contributed by atoms with van der Waals surface area (Å²) in [5.41, 5.74) is 1.48. The summed E-state index contributed by atoms with van der Waals surface area (Å²) >= 11 is 0. The van der Waals surface area contributed by atoms with Gasteiger partial charge in [0.25, 0.3) is 0 Å². The second-order valence-electron chi connectivity index (χ2n) is 6.87. The van der Waals surface area contributed by atoms with E-state index in [-0.39, 0.29) is 0 Å². The van der Waals surface area contributed by atoms with Gasteiger partial charge in [0.05, 0.1) is 0 Å². The molecule has 1 radical (unpaired) electrons. The molecule has 0 nitrogen and oxygen atoms in total. The second kappa shape index (κ2) is 13.9. The number of hydrogen-bond donors (Lipinski definition) is 0. The van der Waals surface area contributed by atoms with Crippen LogP contribution in [0.25, 0.3) is 0 Å². The molecule has 0 heterocycles. The highest BCUT2D eigenvalue weighted by molar-refractivity contribution is 5.13. The third-order valence-corrected chi connectivity index (χ3v) is 4.80. The van der Waals surface area contributed by atoms with Crippen LogP contribution < -0.4 is 0 Å². The Morgan fingerprint density at radius 1 is 0.727 bits per heavy atom. The fourth-order valence-electron chi connectivity index (χ4n) is 3.34.